The van der Waals surface area contributed by atoms with Crippen LogP contribution in [0, 0.1) is 0 Å². The van der Waals surface area contributed by atoms with E-state index in [0.717, 1.165) is 34.4 Å². The van der Waals surface area contributed by atoms with Crippen LogP contribution in [-0.2, 0) is 6.54 Å². The summed E-state index contributed by atoms with van der Waals surface area (Å²) in [7, 11) is 3.30. The average Bonchev–Trinajstić information content (AvgIpc) is 3.32. The number of ether oxygens (including phenoxy) is 2. The fourth-order valence-corrected chi connectivity index (χ4v) is 5.75. The second-order valence-electron chi connectivity index (χ2n) is 10.2. The quantitative estimate of drug-likeness (QED) is 0.412. The van der Waals surface area contributed by atoms with Crippen molar-refractivity contribution >= 4 is 22.9 Å². The second-order valence-corrected chi connectivity index (χ2v) is 10.2. The van der Waals surface area contributed by atoms with Crippen LogP contribution in [0.3, 0.4) is 0 Å². The minimum Gasteiger partial charge on any atom is -0.497 e. The highest BCUT2D eigenvalue weighted by Crippen LogP contribution is 2.40. The van der Waals surface area contributed by atoms with Crippen molar-refractivity contribution in [2.24, 2.45) is 0 Å². The van der Waals surface area contributed by atoms with Crippen LogP contribution in [0.4, 0.5) is 4.79 Å². The first kappa shape index (κ1) is 26.7. The molecule has 1 atom stereocenters. The van der Waals surface area contributed by atoms with Gasteiger partial charge < -0.3 is 23.7 Å². The van der Waals surface area contributed by atoms with Gasteiger partial charge in [-0.25, -0.2) is 4.79 Å². The summed E-state index contributed by atoms with van der Waals surface area (Å²) < 4.78 is 17.2. The van der Waals surface area contributed by atoms with Crippen molar-refractivity contribution in [3.05, 3.63) is 71.1 Å². The van der Waals surface area contributed by atoms with Crippen molar-refractivity contribution in [1.82, 2.24) is 14.7 Å². The van der Waals surface area contributed by atoms with Crippen LogP contribution < -0.4 is 9.47 Å². The number of carbonyl (C=O) groups excluding carboxylic acids is 2. The van der Waals surface area contributed by atoms with Crippen LogP contribution in [-0.4, -0.2) is 67.0 Å². The summed E-state index contributed by atoms with van der Waals surface area (Å²) in [5, 5.41) is 0.918. The van der Waals surface area contributed by atoms with Gasteiger partial charge in [0.25, 0.3) is 5.91 Å². The van der Waals surface area contributed by atoms with Crippen LogP contribution in [0.1, 0.15) is 60.7 Å². The smallest absolute Gasteiger partial charge is 0.324 e. The standard InChI is InChI=1S/C31H37N3O5/c1-5-32-14-9-15-33(30(35)28-18-22-10-6-7-12-26(22)39-28)13-8-11-24-16-21(2)29-23(20-34(24)31(32)36)17-25(37-3)19-27(29)38-4/h6-7,10,12,16-19,21H,5,8-9,11,13-15,20H2,1-4H3/t21-/m0/s1. The van der Waals surface area contributed by atoms with E-state index in [9.17, 15) is 9.59 Å². The third-order valence-electron chi connectivity index (χ3n) is 7.75. The summed E-state index contributed by atoms with van der Waals surface area (Å²) in [6.07, 6.45) is 4.27. The number of methoxy groups -OCH3 is 2. The number of amides is 3. The monoisotopic (exact) mass is 531 g/mol. The number of furan rings is 1. The molecule has 2 aliphatic heterocycles. The first-order valence-corrected chi connectivity index (χ1v) is 13.7. The van der Waals surface area contributed by atoms with Crippen molar-refractivity contribution in [1.29, 1.82) is 0 Å². The number of rotatable bonds is 4. The van der Waals surface area contributed by atoms with Crippen LogP contribution in [0.25, 0.3) is 11.0 Å². The fraction of sp³-hybridized carbons (Fsp3) is 0.419. The highest BCUT2D eigenvalue weighted by atomic mass is 16.5. The molecule has 206 valence electrons. The molecule has 3 aromatic rings. The molecular formula is C31H37N3O5. The van der Waals surface area contributed by atoms with Gasteiger partial charge in [-0.3, -0.25) is 9.69 Å². The predicted octanol–water partition coefficient (Wildman–Crippen LogP) is 6.02. The molecule has 5 rings (SSSR count). The van der Waals surface area contributed by atoms with Gasteiger partial charge >= 0.3 is 6.03 Å². The third kappa shape index (κ3) is 5.33. The zero-order valence-electron chi connectivity index (χ0n) is 23.2. The number of fused-ring (bicyclic) bond motifs is 3. The van der Waals surface area contributed by atoms with Gasteiger partial charge in [-0.05, 0) is 49.9 Å². The number of urea groups is 1. The number of carbonyl (C=O) groups is 2. The molecule has 8 heteroatoms. The molecule has 0 bridgehead atoms. The lowest BCUT2D eigenvalue weighted by atomic mass is 9.94. The van der Waals surface area contributed by atoms with E-state index in [0.29, 0.717) is 62.7 Å². The van der Waals surface area contributed by atoms with Gasteiger partial charge in [-0.1, -0.05) is 31.2 Å². The van der Waals surface area contributed by atoms with Gasteiger partial charge in [0.1, 0.15) is 17.1 Å². The molecule has 0 saturated carbocycles. The zero-order valence-corrected chi connectivity index (χ0v) is 23.2. The summed E-state index contributed by atoms with van der Waals surface area (Å²) >= 11 is 0. The Labute approximate surface area is 229 Å². The summed E-state index contributed by atoms with van der Waals surface area (Å²) in [6.45, 7) is 6.87. The number of allylic oxidation sites excluding steroid dienone is 2. The first-order chi connectivity index (χ1) is 18.9. The number of benzene rings is 2. The molecule has 2 aliphatic rings. The highest BCUT2D eigenvalue weighted by molar-refractivity contribution is 5.96. The van der Waals surface area contributed by atoms with E-state index in [2.05, 4.69) is 13.0 Å². The van der Waals surface area contributed by atoms with Gasteiger partial charge in [0.2, 0.25) is 0 Å². The van der Waals surface area contributed by atoms with Gasteiger partial charge in [0, 0.05) is 54.8 Å². The van der Waals surface area contributed by atoms with E-state index in [1.54, 1.807) is 14.2 Å². The van der Waals surface area contributed by atoms with E-state index < -0.39 is 0 Å². The maximum atomic E-state index is 13.9. The van der Waals surface area contributed by atoms with E-state index in [-0.39, 0.29) is 17.9 Å². The second kappa shape index (κ2) is 11.4. The molecule has 2 aromatic carbocycles. The number of hydrogen-bond acceptors (Lipinski definition) is 5. The van der Waals surface area contributed by atoms with Crippen LogP contribution in [0.15, 0.2) is 58.7 Å². The summed E-state index contributed by atoms with van der Waals surface area (Å²) in [6, 6.07) is 13.4. The SMILES string of the molecule is CCN1CCCN(C(=O)c2cc3ccccc3o2)CCCC2=C[C@H](C)c3c(cc(OC)cc3OC)CN2C1=O. The number of hydrogen-bond donors (Lipinski definition) is 0. The molecular weight excluding hydrogens is 494 g/mol. The largest absolute Gasteiger partial charge is 0.497 e. The lowest BCUT2D eigenvalue weighted by molar-refractivity contribution is 0.0719. The maximum Gasteiger partial charge on any atom is 0.324 e. The Morgan fingerprint density at radius 2 is 1.85 bits per heavy atom. The molecule has 0 N–H and O–H groups in total. The van der Waals surface area contributed by atoms with E-state index in [1.165, 1.54) is 0 Å². The average molecular weight is 532 g/mol. The Morgan fingerprint density at radius 1 is 1.05 bits per heavy atom. The van der Waals surface area contributed by atoms with Crippen molar-refractivity contribution in [2.75, 3.05) is 40.4 Å². The molecule has 1 aromatic heterocycles. The van der Waals surface area contributed by atoms with Gasteiger partial charge in [0.15, 0.2) is 5.76 Å². The summed E-state index contributed by atoms with van der Waals surface area (Å²) in [5.41, 5.74) is 3.77. The molecule has 1 saturated heterocycles. The van der Waals surface area contributed by atoms with Crippen LogP contribution in [0.2, 0.25) is 0 Å². The van der Waals surface area contributed by atoms with Crippen molar-refractivity contribution in [3.8, 4) is 11.5 Å². The molecule has 0 radical (unpaired) electrons. The van der Waals surface area contributed by atoms with E-state index in [4.69, 9.17) is 13.9 Å². The molecule has 3 heterocycles. The van der Waals surface area contributed by atoms with Crippen LogP contribution >= 0.6 is 0 Å². The molecule has 0 unspecified atom stereocenters. The Bertz CT molecular complexity index is 1360. The molecule has 0 aliphatic carbocycles. The first-order valence-electron chi connectivity index (χ1n) is 13.7. The Morgan fingerprint density at radius 3 is 2.59 bits per heavy atom. The Hall–Kier alpha value is -3.94. The lowest BCUT2D eigenvalue weighted by Crippen LogP contribution is -2.43. The number of nitrogens with zero attached hydrogens (tertiary/aromatic N) is 3. The molecule has 1 fully saturated rings. The Balaban J connectivity index is 1.45. The third-order valence-corrected chi connectivity index (χ3v) is 7.75. The summed E-state index contributed by atoms with van der Waals surface area (Å²) in [5.74, 6) is 1.76. The van der Waals surface area contributed by atoms with Gasteiger partial charge in [-0.15, -0.1) is 0 Å². The predicted molar refractivity (Wildman–Crippen MR) is 150 cm³/mol. The fourth-order valence-electron chi connectivity index (χ4n) is 5.75. The van der Waals surface area contributed by atoms with Crippen molar-refractivity contribution in [2.45, 2.75) is 45.6 Å². The number of para-hydroxylation sites is 1. The van der Waals surface area contributed by atoms with Crippen LogP contribution in [0.5, 0.6) is 11.5 Å². The molecule has 3 amide bonds. The van der Waals surface area contributed by atoms with E-state index in [1.807, 2.05) is 64.1 Å². The molecule has 0 spiro atoms. The minimum absolute atomic E-state index is 0.0114. The minimum atomic E-state index is -0.107. The van der Waals surface area contributed by atoms with E-state index >= 15 is 0 Å². The highest BCUT2D eigenvalue weighted by Gasteiger charge is 2.31. The zero-order chi connectivity index (χ0) is 27.5. The molecule has 8 nitrogen and oxygen atoms in total. The van der Waals surface area contributed by atoms with Gasteiger partial charge in [0.05, 0.1) is 20.8 Å². The van der Waals surface area contributed by atoms with Gasteiger partial charge in [-0.2, -0.15) is 0 Å². The van der Waals surface area contributed by atoms with Crippen molar-refractivity contribution in [3.63, 3.8) is 0 Å². The normalized spacial score (nSPS) is 18.6. The maximum absolute atomic E-state index is 13.9. The Kier molecular flexibility index (Phi) is 7.82. The van der Waals surface area contributed by atoms with Crippen molar-refractivity contribution < 1.29 is 23.5 Å². The lowest BCUT2D eigenvalue weighted by Gasteiger charge is -2.31. The summed E-state index contributed by atoms with van der Waals surface area (Å²) in [4.78, 5) is 33.1. The molecule has 39 heavy (non-hydrogen) atoms. The topological polar surface area (TPSA) is 75.5 Å².